The molecule has 5 N–H and O–H groups in total. The van der Waals surface area contributed by atoms with Gasteiger partial charge in [0.2, 0.25) is 29.7 Å². The molecule has 4 aliphatic rings. The number of piperazine rings is 1. The van der Waals surface area contributed by atoms with Gasteiger partial charge >= 0.3 is 11.9 Å². The smallest absolute Gasteiger partial charge is 0.338 e. The third-order valence-corrected chi connectivity index (χ3v) is 12.1. The molecule has 3 saturated heterocycles. The number of nitrogens with zero attached hydrogens (tertiary/aromatic N) is 3. The number of fused-ring (bicyclic) bond motifs is 3. The number of aliphatic carboxylic acids is 1. The average molecular weight is 798 g/mol. The number of aromatic amines is 1. The molecule has 5 amide bonds. The fraction of sp³-hybridized carbons (Fsp3) is 0.400. The van der Waals surface area contributed by atoms with Crippen molar-refractivity contribution < 1.29 is 43.4 Å². The van der Waals surface area contributed by atoms with Gasteiger partial charge in [-0.25, -0.2) is 14.6 Å². The molecular weight excluding hydrogens is 755 g/mol. The molecule has 1 aliphatic carbocycles. The lowest BCUT2D eigenvalue weighted by Gasteiger charge is -2.55. The second-order valence-corrected chi connectivity index (χ2v) is 15.6. The monoisotopic (exact) mass is 797 g/mol. The van der Waals surface area contributed by atoms with Gasteiger partial charge in [0.1, 0.15) is 30.7 Å². The largest absolute Gasteiger partial charge is 0.480 e. The van der Waals surface area contributed by atoms with Crippen LogP contribution in [0.15, 0.2) is 72.5 Å². The second kappa shape index (κ2) is 17.0. The second-order valence-electron chi connectivity index (χ2n) is 14.7. The maximum atomic E-state index is 14.4. The van der Waals surface area contributed by atoms with Gasteiger partial charge in [-0.05, 0) is 59.6 Å². The van der Waals surface area contributed by atoms with Crippen LogP contribution in [0.3, 0.4) is 0 Å². The van der Waals surface area contributed by atoms with Gasteiger partial charge in [-0.1, -0.05) is 48.5 Å². The number of amides is 5. The van der Waals surface area contributed by atoms with Gasteiger partial charge in [0.25, 0.3) is 5.91 Å². The van der Waals surface area contributed by atoms with Gasteiger partial charge < -0.3 is 40.6 Å². The molecule has 5 atom stereocenters. The Morgan fingerprint density at radius 3 is 2.25 bits per heavy atom. The van der Waals surface area contributed by atoms with E-state index in [1.807, 2.05) is 29.6 Å². The Kier molecular flexibility index (Phi) is 11.6. The summed E-state index contributed by atoms with van der Waals surface area (Å²) < 4.78 is 5.89. The van der Waals surface area contributed by atoms with Gasteiger partial charge in [-0.15, -0.1) is 11.3 Å². The van der Waals surface area contributed by atoms with Crippen molar-refractivity contribution in [3.8, 4) is 0 Å². The van der Waals surface area contributed by atoms with Crippen molar-refractivity contribution in [2.75, 3.05) is 13.7 Å². The number of carbonyl (C=O) groups is 7. The van der Waals surface area contributed by atoms with E-state index >= 15 is 0 Å². The van der Waals surface area contributed by atoms with Crippen LogP contribution in [0.5, 0.6) is 0 Å². The van der Waals surface area contributed by atoms with E-state index in [0.29, 0.717) is 11.3 Å². The molecule has 2 aromatic carbocycles. The van der Waals surface area contributed by atoms with Crippen molar-refractivity contribution >= 4 is 62.9 Å². The van der Waals surface area contributed by atoms with Crippen molar-refractivity contribution in [3.63, 3.8) is 0 Å². The Morgan fingerprint density at radius 1 is 0.877 bits per heavy atom. The summed E-state index contributed by atoms with van der Waals surface area (Å²) in [6.07, 6.45) is 5.67. The van der Waals surface area contributed by atoms with E-state index in [2.05, 4.69) is 25.9 Å². The van der Waals surface area contributed by atoms with Gasteiger partial charge in [0, 0.05) is 41.9 Å². The molecule has 4 aromatic rings. The van der Waals surface area contributed by atoms with Gasteiger partial charge in [0.15, 0.2) is 0 Å². The summed E-state index contributed by atoms with van der Waals surface area (Å²) in [5, 5.41) is 20.7. The number of benzene rings is 2. The molecule has 3 aliphatic heterocycles. The maximum Gasteiger partial charge on any atom is 0.338 e. The molecular formula is C40H43N7O9S. The van der Waals surface area contributed by atoms with E-state index in [1.54, 1.807) is 30.3 Å². The van der Waals surface area contributed by atoms with Crippen molar-refractivity contribution in [2.45, 2.75) is 81.2 Å². The number of imidazole rings is 1. The number of rotatable bonds is 15. The predicted molar refractivity (Wildman–Crippen MR) is 205 cm³/mol. The van der Waals surface area contributed by atoms with Crippen molar-refractivity contribution in [1.29, 1.82) is 0 Å². The minimum absolute atomic E-state index is 0.0118. The van der Waals surface area contributed by atoms with Gasteiger partial charge in [0.05, 0.1) is 13.4 Å². The predicted octanol–water partition coefficient (Wildman–Crippen LogP) is 1.34. The Balaban J connectivity index is 1.15. The Bertz CT molecular complexity index is 2150. The third-order valence-electron chi connectivity index (χ3n) is 11.1. The van der Waals surface area contributed by atoms with Crippen molar-refractivity contribution in [1.82, 2.24) is 35.7 Å². The van der Waals surface area contributed by atoms with E-state index in [1.165, 1.54) is 28.8 Å². The van der Waals surface area contributed by atoms with Crippen LogP contribution >= 0.6 is 11.3 Å². The number of esters is 1. The number of carboxylic acid groups (broad SMARTS) is 1. The molecule has 298 valence electrons. The summed E-state index contributed by atoms with van der Waals surface area (Å²) in [4.78, 5) is 105. The quantitative estimate of drug-likeness (QED) is 0.0859. The number of H-pyrrole nitrogens is 1. The van der Waals surface area contributed by atoms with E-state index in [9.17, 15) is 38.7 Å². The zero-order valence-corrected chi connectivity index (χ0v) is 31.9. The number of carbonyl (C=O) groups excluding carboxylic acids is 6. The first-order valence-corrected chi connectivity index (χ1v) is 19.7. The average Bonchev–Trinajstić information content (AvgIpc) is 3.89. The minimum Gasteiger partial charge on any atom is -0.480 e. The number of piperidine rings is 2. The van der Waals surface area contributed by atoms with Crippen molar-refractivity contribution in [2.24, 2.45) is 5.92 Å². The zero-order chi connectivity index (χ0) is 40.2. The maximum absolute atomic E-state index is 14.4. The molecule has 1 saturated carbocycles. The third kappa shape index (κ3) is 8.38. The fourth-order valence-electron chi connectivity index (χ4n) is 8.30. The SMILES string of the molecule is COC(=O)[C@@H]1C(=O)N2C3CCC(CC3)C2C(=O)N1CC(=O)N[C@@H](Cc1csc2ccccc12)C(=O)N[C@H](Cc1ccccc1)C(=O)N[C@@H](Cc1cnc[nH]1)C(=O)O. The first kappa shape index (κ1) is 39.1. The number of carboxylic acids is 1. The number of nitrogens with one attached hydrogen (secondary N) is 4. The molecule has 8 rings (SSSR count). The Morgan fingerprint density at radius 2 is 1.56 bits per heavy atom. The van der Waals surface area contributed by atoms with Gasteiger partial charge in [-0.3, -0.25) is 24.0 Å². The standard InChI is InChI=1S/C40H43N7O9S/c1-56-40(55)34-38(52)47-26-13-11-23(12-14-26)33(47)37(51)46(34)19-32(48)43-29(16-24-20-57-31-10-6-5-9-27(24)31)36(50)44-28(15-22-7-3-2-4-8-22)35(49)45-30(39(53)54)17-25-18-41-21-42-25/h2-10,18,20-21,23,26,28-30,33-34H,11-17,19H2,1H3,(H,41,42)(H,43,48)(H,44,50)(H,45,49)(H,53,54)/t23?,26?,28-,29+,30+,33?,34+/m1/s1. The summed E-state index contributed by atoms with van der Waals surface area (Å²) in [5.74, 6) is -5.81. The van der Waals surface area contributed by atoms with Crippen LogP contribution in [0.2, 0.25) is 0 Å². The topological polar surface area (TPSA) is 220 Å². The molecule has 0 radical (unpaired) electrons. The van der Waals surface area contributed by atoms with Crippen LogP contribution in [-0.2, 0) is 57.6 Å². The zero-order valence-electron chi connectivity index (χ0n) is 31.1. The summed E-state index contributed by atoms with van der Waals surface area (Å²) in [6, 6.07) is 9.80. The molecule has 5 heterocycles. The van der Waals surface area contributed by atoms with Crippen molar-refractivity contribution in [3.05, 3.63) is 89.3 Å². The van der Waals surface area contributed by atoms with E-state index < -0.39 is 78.2 Å². The van der Waals surface area contributed by atoms with Crippen LogP contribution in [0.1, 0.15) is 42.5 Å². The Hall–Kier alpha value is -6.10. The van der Waals surface area contributed by atoms with Crippen LogP contribution in [-0.4, -0.2) is 116 Å². The molecule has 0 spiro atoms. The first-order valence-electron chi connectivity index (χ1n) is 18.8. The first-order chi connectivity index (χ1) is 27.5. The molecule has 57 heavy (non-hydrogen) atoms. The number of methoxy groups -OCH3 is 1. The summed E-state index contributed by atoms with van der Waals surface area (Å²) >= 11 is 1.45. The fourth-order valence-corrected chi connectivity index (χ4v) is 9.28. The highest BCUT2D eigenvalue weighted by atomic mass is 32.1. The van der Waals surface area contributed by atoms with Crippen LogP contribution < -0.4 is 16.0 Å². The number of ether oxygens (including phenoxy) is 1. The molecule has 2 bridgehead atoms. The van der Waals surface area contributed by atoms with E-state index in [0.717, 1.165) is 53.3 Å². The van der Waals surface area contributed by atoms with Gasteiger partial charge in [-0.2, -0.15) is 0 Å². The number of hydrogen-bond donors (Lipinski definition) is 5. The van der Waals surface area contributed by atoms with Crippen LogP contribution in [0.4, 0.5) is 0 Å². The summed E-state index contributed by atoms with van der Waals surface area (Å²) in [7, 11) is 1.11. The lowest BCUT2D eigenvalue weighted by Crippen LogP contribution is -2.74. The lowest BCUT2D eigenvalue weighted by atomic mass is 9.72. The lowest BCUT2D eigenvalue weighted by molar-refractivity contribution is -0.182. The van der Waals surface area contributed by atoms with Crippen LogP contribution in [0, 0.1) is 5.92 Å². The molecule has 17 heteroatoms. The van der Waals surface area contributed by atoms with E-state index in [4.69, 9.17) is 4.74 Å². The highest BCUT2D eigenvalue weighted by Gasteiger charge is 2.57. The number of aromatic nitrogens is 2. The minimum atomic E-state index is -1.67. The normalized spacial score (nSPS) is 21.6. The number of hydrogen-bond acceptors (Lipinski definition) is 10. The molecule has 4 fully saturated rings. The highest BCUT2D eigenvalue weighted by molar-refractivity contribution is 7.17. The molecule has 2 aromatic heterocycles. The summed E-state index contributed by atoms with van der Waals surface area (Å²) in [6.45, 7) is -0.706. The molecule has 16 nitrogen and oxygen atoms in total. The number of thiophene rings is 1. The summed E-state index contributed by atoms with van der Waals surface area (Å²) in [5.41, 5.74) is 1.88. The molecule has 1 unspecified atom stereocenters. The van der Waals surface area contributed by atoms with E-state index in [-0.39, 0.29) is 31.2 Å². The highest BCUT2D eigenvalue weighted by Crippen LogP contribution is 2.43. The Labute approximate surface area is 331 Å². The van der Waals surface area contributed by atoms with Crippen LogP contribution in [0.25, 0.3) is 10.1 Å².